The number of rotatable bonds is 10. The minimum absolute atomic E-state index is 0.191. The van der Waals surface area contributed by atoms with Crippen molar-refractivity contribution >= 4 is 63.0 Å². The van der Waals surface area contributed by atoms with E-state index in [4.69, 9.17) is 32.7 Å². The molecule has 1 N–H and O–H groups in total. The maximum atomic E-state index is 12.0. The van der Waals surface area contributed by atoms with Crippen LogP contribution in [0.1, 0.15) is 16.7 Å². The quantitative estimate of drug-likeness (QED) is 0.218. The highest BCUT2D eigenvalue weighted by atomic mass is 79.9. The molecule has 0 saturated carbocycles. The third-order valence-electron chi connectivity index (χ3n) is 4.38. The van der Waals surface area contributed by atoms with E-state index in [9.17, 15) is 4.79 Å². The van der Waals surface area contributed by atoms with Crippen molar-refractivity contribution < 1.29 is 14.3 Å². The largest absolute Gasteiger partial charge is 0.493 e. The Morgan fingerprint density at radius 1 is 1.15 bits per heavy atom. The van der Waals surface area contributed by atoms with Crippen molar-refractivity contribution in [2.24, 2.45) is 5.10 Å². The van der Waals surface area contributed by atoms with E-state index in [1.807, 2.05) is 54.6 Å². The molecular weight excluding hydrogens is 547 g/mol. The van der Waals surface area contributed by atoms with E-state index in [1.54, 1.807) is 19.4 Å². The summed E-state index contributed by atoms with van der Waals surface area (Å²) in [4.78, 5) is 12.0. The Morgan fingerprint density at radius 3 is 2.73 bits per heavy atom. The van der Waals surface area contributed by atoms with E-state index in [0.717, 1.165) is 16.7 Å². The van der Waals surface area contributed by atoms with E-state index in [2.05, 4.69) is 26.5 Å². The van der Waals surface area contributed by atoms with E-state index in [0.29, 0.717) is 38.4 Å². The van der Waals surface area contributed by atoms with Gasteiger partial charge in [-0.15, -0.1) is 11.8 Å². The zero-order valence-corrected chi connectivity index (χ0v) is 21.6. The van der Waals surface area contributed by atoms with Crippen LogP contribution in [0.5, 0.6) is 11.5 Å². The number of hydrazone groups is 1. The van der Waals surface area contributed by atoms with Crippen molar-refractivity contribution in [1.29, 1.82) is 0 Å². The molecule has 0 saturated heterocycles. The Kier molecular flexibility index (Phi) is 9.94. The predicted octanol–water partition coefficient (Wildman–Crippen LogP) is 6.73. The zero-order chi connectivity index (χ0) is 23.6. The number of hydrogen-bond donors (Lipinski definition) is 1. The first-order valence-electron chi connectivity index (χ1n) is 9.84. The lowest BCUT2D eigenvalue weighted by Crippen LogP contribution is -2.19. The van der Waals surface area contributed by atoms with Crippen molar-refractivity contribution in [3.8, 4) is 11.5 Å². The van der Waals surface area contributed by atoms with Gasteiger partial charge in [-0.05, 0) is 57.4 Å². The van der Waals surface area contributed by atoms with Crippen molar-refractivity contribution in [3.05, 3.63) is 91.9 Å². The molecule has 172 valence electrons. The second-order valence-electron chi connectivity index (χ2n) is 6.83. The van der Waals surface area contributed by atoms with Crippen LogP contribution in [0.15, 0.2) is 70.2 Å². The fraction of sp³-hybridized carbons (Fsp3) is 0.167. The first-order valence-corrected chi connectivity index (χ1v) is 12.5. The van der Waals surface area contributed by atoms with Crippen molar-refractivity contribution in [1.82, 2.24) is 5.43 Å². The number of hydrogen-bond acceptors (Lipinski definition) is 5. The lowest BCUT2D eigenvalue weighted by Gasteiger charge is -2.14. The summed E-state index contributed by atoms with van der Waals surface area (Å²) in [7, 11) is 1.56. The highest BCUT2D eigenvalue weighted by Crippen LogP contribution is 2.37. The first kappa shape index (κ1) is 25.4. The summed E-state index contributed by atoms with van der Waals surface area (Å²) in [6, 6.07) is 18.7. The molecule has 9 heteroatoms. The average molecular weight is 568 g/mol. The molecule has 0 radical (unpaired) electrons. The van der Waals surface area contributed by atoms with Crippen LogP contribution < -0.4 is 14.9 Å². The van der Waals surface area contributed by atoms with E-state index >= 15 is 0 Å². The van der Waals surface area contributed by atoms with Gasteiger partial charge >= 0.3 is 0 Å². The van der Waals surface area contributed by atoms with Gasteiger partial charge < -0.3 is 9.47 Å². The van der Waals surface area contributed by atoms with Gasteiger partial charge in [0, 0.05) is 21.4 Å². The number of nitrogens with one attached hydrogen (secondary N) is 1. The van der Waals surface area contributed by atoms with Gasteiger partial charge in [0.2, 0.25) is 5.91 Å². The summed E-state index contributed by atoms with van der Waals surface area (Å²) in [6.45, 7) is 0.297. The lowest BCUT2D eigenvalue weighted by atomic mass is 10.2. The predicted molar refractivity (Wildman–Crippen MR) is 140 cm³/mol. The normalized spacial score (nSPS) is 10.9. The summed E-state index contributed by atoms with van der Waals surface area (Å²) in [5.41, 5.74) is 5.20. The van der Waals surface area contributed by atoms with Crippen LogP contribution in [-0.4, -0.2) is 25.0 Å². The number of carbonyl (C=O) groups is 1. The summed E-state index contributed by atoms with van der Waals surface area (Å²) < 4.78 is 12.1. The molecule has 0 bridgehead atoms. The van der Waals surface area contributed by atoms with Crippen LogP contribution in [0.3, 0.4) is 0 Å². The molecule has 5 nitrogen and oxygen atoms in total. The third-order valence-corrected chi connectivity index (χ3v) is 6.57. The zero-order valence-electron chi connectivity index (χ0n) is 17.7. The number of amides is 1. The number of halogens is 3. The van der Waals surface area contributed by atoms with E-state index in [-0.39, 0.29) is 11.7 Å². The Labute approximate surface area is 215 Å². The number of benzene rings is 3. The second kappa shape index (κ2) is 12.9. The van der Waals surface area contributed by atoms with Gasteiger partial charge in [-0.1, -0.05) is 53.5 Å². The maximum Gasteiger partial charge on any atom is 0.250 e. The third kappa shape index (κ3) is 7.96. The highest BCUT2D eigenvalue weighted by molar-refractivity contribution is 9.10. The first-order chi connectivity index (χ1) is 16.0. The lowest BCUT2D eigenvalue weighted by molar-refractivity contribution is -0.118. The number of carbonyl (C=O) groups excluding carboxylic acids is 1. The molecular formula is C24H21BrCl2N2O3S. The highest BCUT2D eigenvalue weighted by Gasteiger charge is 2.12. The molecule has 3 rings (SSSR count). The number of nitrogens with zero attached hydrogens (tertiary/aromatic N) is 1. The number of thioether (sulfide) groups is 1. The van der Waals surface area contributed by atoms with Crippen LogP contribution in [0.4, 0.5) is 0 Å². The van der Waals surface area contributed by atoms with Crippen LogP contribution in [0.25, 0.3) is 0 Å². The van der Waals surface area contributed by atoms with Gasteiger partial charge in [-0.2, -0.15) is 5.10 Å². The molecule has 3 aromatic carbocycles. The number of methoxy groups -OCH3 is 1. The Hall–Kier alpha value is -2.19. The van der Waals surface area contributed by atoms with Crippen LogP contribution in [0.2, 0.25) is 10.0 Å². The summed E-state index contributed by atoms with van der Waals surface area (Å²) in [5, 5.41) is 5.36. The monoisotopic (exact) mass is 566 g/mol. The van der Waals surface area contributed by atoms with Gasteiger partial charge in [0.25, 0.3) is 0 Å². The van der Waals surface area contributed by atoms with Crippen molar-refractivity contribution in [3.63, 3.8) is 0 Å². The molecule has 0 aliphatic rings. The topological polar surface area (TPSA) is 59.9 Å². The van der Waals surface area contributed by atoms with Crippen LogP contribution >= 0.6 is 50.9 Å². The van der Waals surface area contributed by atoms with Crippen molar-refractivity contribution in [2.45, 2.75) is 12.4 Å². The second-order valence-corrected chi connectivity index (χ2v) is 9.51. The Morgan fingerprint density at radius 2 is 1.97 bits per heavy atom. The maximum absolute atomic E-state index is 12.0. The van der Waals surface area contributed by atoms with Gasteiger partial charge in [-0.25, -0.2) is 5.43 Å². The van der Waals surface area contributed by atoms with Gasteiger partial charge in [-0.3, -0.25) is 4.79 Å². The average Bonchev–Trinajstić information content (AvgIpc) is 2.79. The molecule has 0 spiro atoms. The Balaban J connectivity index is 1.54. The molecule has 33 heavy (non-hydrogen) atoms. The number of ether oxygens (including phenoxy) is 2. The summed E-state index contributed by atoms with van der Waals surface area (Å²) in [6.07, 6.45) is 1.55. The van der Waals surface area contributed by atoms with Gasteiger partial charge in [0.05, 0.1) is 23.5 Å². The molecule has 0 aliphatic carbocycles. The molecule has 1 amide bonds. The fourth-order valence-electron chi connectivity index (χ4n) is 2.82. The van der Waals surface area contributed by atoms with Gasteiger partial charge in [0.15, 0.2) is 11.5 Å². The molecule has 0 heterocycles. The summed E-state index contributed by atoms with van der Waals surface area (Å²) >= 11 is 17.2. The molecule has 0 atom stereocenters. The molecule has 0 unspecified atom stereocenters. The van der Waals surface area contributed by atoms with Gasteiger partial charge in [0.1, 0.15) is 6.61 Å². The standard InChI is InChI=1S/C24H21BrCl2N2O3S/c1-31-22-11-17(10-20(25)24(22)32-13-18-6-2-3-8-21(18)27)12-28-29-23(30)15-33-14-16-5-4-7-19(26)9-16/h2-12H,13-15H2,1H3,(H,29,30)/b28-12-. The van der Waals surface area contributed by atoms with Crippen LogP contribution in [-0.2, 0) is 17.2 Å². The minimum atomic E-state index is -0.191. The summed E-state index contributed by atoms with van der Waals surface area (Å²) in [5.74, 6) is 1.87. The van der Waals surface area contributed by atoms with E-state index in [1.165, 1.54) is 11.8 Å². The van der Waals surface area contributed by atoms with Crippen LogP contribution in [0, 0.1) is 0 Å². The Bertz CT molecular complexity index is 1140. The minimum Gasteiger partial charge on any atom is -0.493 e. The molecule has 3 aromatic rings. The molecule has 0 aliphatic heterocycles. The SMILES string of the molecule is COc1cc(/C=N\NC(=O)CSCc2cccc(Cl)c2)cc(Br)c1OCc1ccccc1Cl. The molecule has 0 fully saturated rings. The smallest absolute Gasteiger partial charge is 0.250 e. The molecule has 0 aromatic heterocycles. The van der Waals surface area contributed by atoms with Crippen molar-refractivity contribution in [2.75, 3.05) is 12.9 Å². The van der Waals surface area contributed by atoms with E-state index < -0.39 is 0 Å². The fourth-order valence-corrected chi connectivity index (χ4v) is 4.56.